The van der Waals surface area contributed by atoms with Crippen LogP contribution in [0.4, 0.5) is 10.5 Å². The lowest BCUT2D eigenvalue weighted by Crippen LogP contribution is -2.43. The van der Waals surface area contributed by atoms with Crippen LogP contribution in [0, 0.1) is 5.41 Å². The smallest absolute Gasteiger partial charge is 0.322 e. The molecule has 0 radical (unpaired) electrons. The fraction of sp³-hybridized carbons (Fsp3) is 0.545. The van der Waals surface area contributed by atoms with Crippen LogP contribution in [0.1, 0.15) is 54.4 Å². The third kappa shape index (κ3) is 2.87. The fourth-order valence-corrected chi connectivity index (χ4v) is 6.27. The van der Waals surface area contributed by atoms with E-state index in [2.05, 4.69) is 20.8 Å². The van der Waals surface area contributed by atoms with Gasteiger partial charge in [-0.3, -0.25) is 0 Å². The molecule has 1 aromatic carbocycles. The molecule has 1 aliphatic heterocycles. The number of fused-ring (bicyclic) bond motifs is 3. The van der Waals surface area contributed by atoms with Crippen molar-refractivity contribution in [1.82, 2.24) is 9.78 Å². The van der Waals surface area contributed by atoms with Crippen LogP contribution in [-0.2, 0) is 47.0 Å². The minimum atomic E-state index is -1.85. The minimum Gasteiger partial charge on any atom is -0.478 e. The molecule has 0 unspecified atom stereocenters. The molecule has 1 spiro atoms. The Bertz CT molecular complexity index is 1110. The minimum absolute atomic E-state index is 0.181. The standard InChI is InChI=1S/C22H25N4O3S/c27-21(24-19-16-6-1-4-14(16)10-15-5-2-7-17(15)19)25-30(28)18-11-23-26-12-22(8-3-9-22)13-29-20(18)26/h10-11H,1-9,12-13H2,(H,24,27)/q-1. The number of nitrogens with one attached hydrogen (secondary N) is 1. The number of urea groups is 1. The molecule has 1 N–H and O–H groups in total. The summed E-state index contributed by atoms with van der Waals surface area (Å²) in [6.07, 6.45) is 11.4. The lowest BCUT2D eigenvalue weighted by atomic mass is 9.69. The summed E-state index contributed by atoms with van der Waals surface area (Å²) < 4.78 is 24.5. The van der Waals surface area contributed by atoms with Gasteiger partial charge in [0.1, 0.15) is 0 Å². The van der Waals surface area contributed by atoms with Crippen LogP contribution in [0.15, 0.2) is 21.5 Å². The van der Waals surface area contributed by atoms with E-state index in [1.54, 1.807) is 4.68 Å². The molecular weight excluding hydrogens is 400 g/mol. The molecule has 0 saturated heterocycles. The van der Waals surface area contributed by atoms with Crippen molar-refractivity contribution in [3.8, 4) is 5.88 Å². The number of aryl methyl sites for hydroxylation is 2. The molecule has 6 rings (SSSR count). The molecule has 2 heterocycles. The van der Waals surface area contributed by atoms with E-state index in [0.29, 0.717) is 17.4 Å². The Morgan fingerprint density at radius 3 is 2.53 bits per heavy atom. The molecule has 0 atom stereocenters. The molecule has 3 aliphatic carbocycles. The highest BCUT2D eigenvalue weighted by Gasteiger charge is 2.42. The zero-order valence-corrected chi connectivity index (χ0v) is 17.7. The van der Waals surface area contributed by atoms with Crippen molar-refractivity contribution >= 4 is 22.3 Å². The molecular formula is C22H25N4O3S-. The highest BCUT2D eigenvalue weighted by molar-refractivity contribution is 7.75. The summed E-state index contributed by atoms with van der Waals surface area (Å²) >= 11 is 0. The average Bonchev–Trinajstić information content (AvgIpc) is 3.44. The highest BCUT2D eigenvalue weighted by Crippen LogP contribution is 2.46. The van der Waals surface area contributed by atoms with Gasteiger partial charge < -0.3 is 18.6 Å². The lowest BCUT2D eigenvalue weighted by molar-refractivity contribution is 0.000159. The maximum Gasteiger partial charge on any atom is 0.322 e. The first-order valence-electron chi connectivity index (χ1n) is 10.9. The number of aromatic nitrogens is 2. The maximum atomic E-state index is 12.8. The number of benzene rings is 1. The van der Waals surface area contributed by atoms with Crippen molar-refractivity contribution in [3.63, 3.8) is 0 Å². The SMILES string of the molecule is O=C(N=[S-](=O)c1cnn2c1OCC1(CCC1)C2)Nc1c2c(cc3c1CCC3)CCC2. The molecule has 30 heavy (non-hydrogen) atoms. The second kappa shape index (κ2) is 6.83. The van der Waals surface area contributed by atoms with E-state index in [9.17, 15) is 9.00 Å². The van der Waals surface area contributed by atoms with E-state index in [-0.39, 0.29) is 5.41 Å². The van der Waals surface area contributed by atoms with Crippen LogP contribution >= 0.6 is 0 Å². The molecule has 2 aromatic rings. The summed E-state index contributed by atoms with van der Waals surface area (Å²) in [6.45, 7) is 1.41. The summed E-state index contributed by atoms with van der Waals surface area (Å²) in [5, 5.41) is 7.33. The third-order valence-corrected chi connectivity index (χ3v) is 8.22. The van der Waals surface area contributed by atoms with Gasteiger partial charge in [0.25, 0.3) is 0 Å². The number of anilines is 1. The Kier molecular flexibility index (Phi) is 4.20. The van der Waals surface area contributed by atoms with Crippen molar-refractivity contribution in [3.05, 3.63) is 34.5 Å². The summed E-state index contributed by atoms with van der Waals surface area (Å²) in [7, 11) is -1.85. The van der Waals surface area contributed by atoms with Crippen LogP contribution in [0.3, 0.4) is 0 Å². The number of carbonyl (C=O) groups excluding carboxylic acids is 1. The fourth-order valence-electron chi connectivity index (χ4n) is 5.52. The van der Waals surface area contributed by atoms with Crippen LogP contribution < -0.4 is 10.1 Å². The van der Waals surface area contributed by atoms with Gasteiger partial charge in [0.15, 0.2) is 5.88 Å². The molecule has 1 aromatic heterocycles. The first kappa shape index (κ1) is 18.4. The Hall–Kier alpha value is -2.35. The molecule has 158 valence electrons. The molecule has 2 amide bonds. The van der Waals surface area contributed by atoms with Crippen molar-refractivity contribution < 1.29 is 13.7 Å². The Balaban J connectivity index is 1.26. The number of hydrogen-bond acceptors (Lipinski definition) is 5. The zero-order chi connectivity index (χ0) is 20.3. The van der Waals surface area contributed by atoms with E-state index in [0.717, 1.165) is 63.6 Å². The van der Waals surface area contributed by atoms with E-state index >= 15 is 0 Å². The summed E-state index contributed by atoms with van der Waals surface area (Å²) in [5.41, 5.74) is 6.26. The van der Waals surface area contributed by atoms with Crippen molar-refractivity contribution in [2.45, 2.75) is 69.2 Å². The number of amides is 2. The van der Waals surface area contributed by atoms with Gasteiger partial charge in [-0.05, 0) is 78.5 Å². The predicted molar refractivity (Wildman–Crippen MR) is 112 cm³/mol. The Morgan fingerprint density at radius 2 is 1.87 bits per heavy atom. The number of nitrogens with zero attached hydrogens (tertiary/aromatic N) is 3. The van der Waals surface area contributed by atoms with E-state index < -0.39 is 16.6 Å². The molecule has 0 bridgehead atoms. The van der Waals surface area contributed by atoms with E-state index in [1.807, 2.05) is 0 Å². The van der Waals surface area contributed by atoms with Crippen LogP contribution in [0.2, 0.25) is 0 Å². The average molecular weight is 426 g/mol. The van der Waals surface area contributed by atoms with Gasteiger partial charge in [-0.25, -0.2) is 9.48 Å². The van der Waals surface area contributed by atoms with Crippen molar-refractivity contribution in [2.24, 2.45) is 9.78 Å². The second-order valence-electron chi connectivity index (χ2n) is 9.12. The molecule has 1 saturated carbocycles. The predicted octanol–water partition coefficient (Wildman–Crippen LogP) is 4.16. The monoisotopic (exact) mass is 425 g/mol. The normalized spacial score (nSPS) is 21.5. The summed E-state index contributed by atoms with van der Waals surface area (Å²) in [5.74, 6) is 0.490. The van der Waals surface area contributed by atoms with Crippen molar-refractivity contribution in [1.29, 1.82) is 0 Å². The number of hydrogen-bond donors (Lipinski definition) is 1. The van der Waals surface area contributed by atoms with Gasteiger partial charge >= 0.3 is 6.03 Å². The quantitative estimate of drug-likeness (QED) is 0.732. The lowest BCUT2D eigenvalue weighted by Gasteiger charge is -2.44. The van der Waals surface area contributed by atoms with Gasteiger partial charge in [0.2, 0.25) is 0 Å². The zero-order valence-electron chi connectivity index (χ0n) is 16.9. The van der Waals surface area contributed by atoms with E-state index in [4.69, 9.17) is 4.74 Å². The summed E-state index contributed by atoms with van der Waals surface area (Å²) in [4.78, 5) is 13.1. The van der Waals surface area contributed by atoms with Gasteiger partial charge in [-0.2, -0.15) is 5.10 Å². The van der Waals surface area contributed by atoms with Gasteiger partial charge in [0.05, 0.1) is 13.2 Å². The number of rotatable bonds is 2. The molecule has 7 nitrogen and oxygen atoms in total. The first-order valence-corrected chi connectivity index (χ1v) is 12.0. The van der Waals surface area contributed by atoms with Gasteiger partial charge in [0, 0.05) is 17.3 Å². The summed E-state index contributed by atoms with van der Waals surface area (Å²) in [6, 6.07) is 1.76. The Morgan fingerprint density at radius 1 is 1.13 bits per heavy atom. The van der Waals surface area contributed by atoms with Crippen LogP contribution in [0.5, 0.6) is 5.88 Å². The maximum absolute atomic E-state index is 12.8. The van der Waals surface area contributed by atoms with Gasteiger partial charge in [-0.15, -0.1) is 10.6 Å². The van der Waals surface area contributed by atoms with Crippen LogP contribution in [0.25, 0.3) is 0 Å². The Labute approximate surface area is 177 Å². The topological polar surface area (TPSA) is 85.6 Å². The van der Waals surface area contributed by atoms with Gasteiger partial charge in [-0.1, -0.05) is 12.5 Å². The highest BCUT2D eigenvalue weighted by atomic mass is 32.2. The second-order valence-corrected chi connectivity index (χ2v) is 10.2. The molecule has 8 heteroatoms. The van der Waals surface area contributed by atoms with E-state index in [1.165, 1.54) is 34.9 Å². The number of ether oxygens (including phenoxy) is 1. The first-order chi connectivity index (χ1) is 14.6. The third-order valence-electron chi connectivity index (χ3n) is 7.23. The van der Waals surface area contributed by atoms with Crippen molar-refractivity contribution in [2.75, 3.05) is 11.9 Å². The molecule has 1 fully saturated rings. The number of carbonyl (C=O) groups is 1. The molecule has 4 aliphatic rings. The van der Waals surface area contributed by atoms with Crippen LogP contribution in [-0.4, -0.2) is 22.4 Å². The largest absolute Gasteiger partial charge is 0.478 e.